The maximum atomic E-state index is 5.92. The van der Waals surface area contributed by atoms with Crippen molar-refractivity contribution in [2.75, 3.05) is 13.2 Å². The second-order valence-electron chi connectivity index (χ2n) is 6.90. The van der Waals surface area contributed by atoms with Crippen LogP contribution in [0.3, 0.4) is 0 Å². The van der Waals surface area contributed by atoms with Crippen LogP contribution in [0.1, 0.15) is 34.1 Å². The van der Waals surface area contributed by atoms with Gasteiger partial charge in [-0.05, 0) is 34.7 Å². The Morgan fingerprint density at radius 1 is 1.55 bits per heavy atom. The highest BCUT2D eigenvalue weighted by atomic mass is 79.9. The minimum absolute atomic E-state index is 0.221. The highest BCUT2D eigenvalue weighted by Crippen LogP contribution is 2.34. The van der Waals surface area contributed by atoms with Crippen molar-refractivity contribution >= 4 is 15.9 Å². The van der Waals surface area contributed by atoms with Crippen molar-refractivity contribution in [3.63, 3.8) is 0 Å². The summed E-state index contributed by atoms with van der Waals surface area (Å²) >= 11 is 3.42. The lowest BCUT2D eigenvalue weighted by Gasteiger charge is -2.31. The summed E-state index contributed by atoms with van der Waals surface area (Å²) in [6.45, 7) is 11.8. The van der Waals surface area contributed by atoms with Crippen LogP contribution in [0.25, 0.3) is 0 Å². The van der Waals surface area contributed by atoms with Crippen LogP contribution >= 0.6 is 15.9 Å². The number of hydrogen-bond donors (Lipinski definition) is 1. The molecule has 5 heteroatoms. The molecule has 1 fully saturated rings. The largest absolute Gasteiger partial charge is 0.377 e. The number of rotatable bonds is 5. The first-order chi connectivity index (χ1) is 9.36. The normalized spacial score (nSPS) is 25.1. The molecule has 0 aliphatic carbocycles. The van der Waals surface area contributed by atoms with Gasteiger partial charge in [-0.2, -0.15) is 5.10 Å². The molecule has 0 radical (unpaired) electrons. The predicted molar refractivity (Wildman–Crippen MR) is 84.7 cm³/mol. The van der Waals surface area contributed by atoms with E-state index >= 15 is 0 Å². The van der Waals surface area contributed by atoms with E-state index in [2.05, 4.69) is 54.0 Å². The third-order valence-corrected chi connectivity index (χ3v) is 4.27. The van der Waals surface area contributed by atoms with Gasteiger partial charge in [-0.3, -0.25) is 4.68 Å². The highest BCUT2D eigenvalue weighted by Gasteiger charge is 2.36. The fraction of sp³-hybridized carbons (Fsp3) is 0.800. The van der Waals surface area contributed by atoms with Crippen LogP contribution in [0.15, 0.2) is 16.9 Å². The van der Waals surface area contributed by atoms with Crippen molar-refractivity contribution in [2.24, 2.45) is 11.3 Å². The Bertz CT molecular complexity index is 427. The predicted octanol–water partition coefficient (Wildman–Crippen LogP) is 3.07. The SMILES string of the molecule is C[C@@H](Cn1cc(Br)cn1)NC[C@H]1CCO[C@@H]1C(C)(C)C. The molecule has 1 aromatic heterocycles. The number of halogens is 1. The van der Waals surface area contributed by atoms with Crippen molar-refractivity contribution in [1.82, 2.24) is 15.1 Å². The Balaban J connectivity index is 1.79. The van der Waals surface area contributed by atoms with Gasteiger partial charge in [0, 0.05) is 31.3 Å². The van der Waals surface area contributed by atoms with Crippen LogP contribution in [0.5, 0.6) is 0 Å². The fourth-order valence-corrected chi connectivity index (χ4v) is 3.26. The van der Waals surface area contributed by atoms with Crippen molar-refractivity contribution in [3.8, 4) is 0 Å². The van der Waals surface area contributed by atoms with Gasteiger partial charge in [0.2, 0.25) is 0 Å². The molecule has 1 aromatic rings. The van der Waals surface area contributed by atoms with Crippen LogP contribution in [-0.4, -0.2) is 35.1 Å². The first-order valence-corrected chi connectivity index (χ1v) is 8.18. The van der Waals surface area contributed by atoms with E-state index in [-0.39, 0.29) is 5.41 Å². The molecule has 114 valence electrons. The Hall–Kier alpha value is -0.390. The van der Waals surface area contributed by atoms with Crippen LogP contribution in [0, 0.1) is 11.3 Å². The van der Waals surface area contributed by atoms with Gasteiger partial charge < -0.3 is 10.1 Å². The summed E-state index contributed by atoms with van der Waals surface area (Å²) in [6.07, 6.45) is 5.36. The van der Waals surface area contributed by atoms with E-state index < -0.39 is 0 Å². The van der Waals surface area contributed by atoms with E-state index in [1.807, 2.05) is 17.1 Å². The van der Waals surface area contributed by atoms with Crippen LogP contribution in [-0.2, 0) is 11.3 Å². The lowest BCUT2D eigenvalue weighted by molar-refractivity contribution is 0.00678. The average molecular weight is 344 g/mol. The molecule has 2 rings (SSSR count). The van der Waals surface area contributed by atoms with Gasteiger partial charge in [0.15, 0.2) is 0 Å². The second-order valence-corrected chi connectivity index (χ2v) is 7.81. The molecule has 20 heavy (non-hydrogen) atoms. The highest BCUT2D eigenvalue weighted by molar-refractivity contribution is 9.10. The third kappa shape index (κ3) is 4.30. The molecular weight excluding hydrogens is 318 g/mol. The average Bonchev–Trinajstić information content (AvgIpc) is 2.94. The summed E-state index contributed by atoms with van der Waals surface area (Å²) in [5.41, 5.74) is 0.221. The molecule has 0 spiro atoms. The van der Waals surface area contributed by atoms with Gasteiger partial charge in [-0.1, -0.05) is 20.8 Å². The summed E-state index contributed by atoms with van der Waals surface area (Å²) in [5, 5.41) is 7.92. The monoisotopic (exact) mass is 343 g/mol. The Morgan fingerprint density at radius 2 is 2.30 bits per heavy atom. The molecular formula is C15H26BrN3O. The van der Waals surface area contributed by atoms with Gasteiger partial charge >= 0.3 is 0 Å². The molecule has 2 heterocycles. The standard InChI is InChI=1S/C15H26BrN3O/c1-11(9-19-10-13(16)8-18-19)17-7-12-5-6-20-14(12)15(2,3)4/h8,10-12,14,17H,5-7,9H2,1-4H3/t11-,12+,14-/m0/s1. The van der Waals surface area contributed by atoms with Gasteiger partial charge in [0.25, 0.3) is 0 Å². The molecule has 1 saturated heterocycles. The maximum Gasteiger partial charge on any atom is 0.0664 e. The zero-order chi connectivity index (χ0) is 14.8. The topological polar surface area (TPSA) is 39.1 Å². The molecule has 4 nitrogen and oxygen atoms in total. The van der Waals surface area contributed by atoms with E-state index in [1.165, 1.54) is 0 Å². The van der Waals surface area contributed by atoms with Crippen molar-refractivity contribution in [2.45, 2.75) is 52.8 Å². The van der Waals surface area contributed by atoms with Gasteiger partial charge in [0.05, 0.1) is 23.3 Å². The maximum absolute atomic E-state index is 5.92. The first kappa shape index (κ1) is 16.0. The van der Waals surface area contributed by atoms with Gasteiger partial charge in [-0.25, -0.2) is 0 Å². The minimum Gasteiger partial charge on any atom is -0.377 e. The quantitative estimate of drug-likeness (QED) is 0.892. The van der Waals surface area contributed by atoms with Crippen LogP contribution in [0.4, 0.5) is 0 Å². The lowest BCUT2D eigenvalue weighted by atomic mass is 9.81. The first-order valence-electron chi connectivity index (χ1n) is 7.39. The van der Waals surface area contributed by atoms with E-state index in [0.29, 0.717) is 18.1 Å². The van der Waals surface area contributed by atoms with Crippen molar-refractivity contribution < 1.29 is 4.74 Å². The van der Waals surface area contributed by atoms with Gasteiger partial charge in [0.1, 0.15) is 0 Å². The lowest BCUT2D eigenvalue weighted by Crippen LogP contribution is -2.40. The Kier molecular flexibility index (Phi) is 5.26. The number of ether oxygens (including phenoxy) is 1. The smallest absolute Gasteiger partial charge is 0.0664 e. The van der Waals surface area contributed by atoms with Gasteiger partial charge in [-0.15, -0.1) is 0 Å². The third-order valence-electron chi connectivity index (χ3n) is 3.86. The van der Waals surface area contributed by atoms with E-state index in [9.17, 15) is 0 Å². The number of nitrogens with zero attached hydrogens (tertiary/aromatic N) is 2. The van der Waals surface area contributed by atoms with E-state index in [4.69, 9.17) is 4.74 Å². The summed E-state index contributed by atoms with van der Waals surface area (Å²) in [4.78, 5) is 0. The molecule has 1 aliphatic rings. The molecule has 0 aromatic carbocycles. The Labute approximate surface area is 130 Å². The molecule has 0 bridgehead atoms. The molecule has 3 atom stereocenters. The molecule has 0 saturated carbocycles. The number of hydrogen-bond acceptors (Lipinski definition) is 3. The molecule has 1 N–H and O–H groups in total. The molecule has 0 amide bonds. The summed E-state index contributed by atoms with van der Waals surface area (Å²) in [5.74, 6) is 0.613. The molecule has 1 aliphatic heterocycles. The Morgan fingerprint density at radius 3 is 2.90 bits per heavy atom. The van der Waals surface area contributed by atoms with Crippen LogP contribution < -0.4 is 5.32 Å². The van der Waals surface area contributed by atoms with E-state index in [0.717, 1.165) is 30.6 Å². The number of aromatic nitrogens is 2. The van der Waals surface area contributed by atoms with Crippen molar-refractivity contribution in [1.29, 1.82) is 0 Å². The second kappa shape index (κ2) is 6.58. The summed E-state index contributed by atoms with van der Waals surface area (Å²) in [6, 6.07) is 0.406. The minimum atomic E-state index is 0.221. The zero-order valence-corrected chi connectivity index (χ0v) is 14.5. The zero-order valence-electron chi connectivity index (χ0n) is 12.9. The summed E-state index contributed by atoms with van der Waals surface area (Å²) in [7, 11) is 0. The summed E-state index contributed by atoms with van der Waals surface area (Å²) < 4.78 is 8.92. The van der Waals surface area contributed by atoms with Crippen LogP contribution in [0.2, 0.25) is 0 Å². The fourth-order valence-electron chi connectivity index (χ4n) is 2.94. The molecule has 0 unspecified atom stereocenters. The number of nitrogens with one attached hydrogen (secondary N) is 1. The van der Waals surface area contributed by atoms with Crippen molar-refractivity contribution in [3.05, 3.63) is 16.9 Å². The van der Waals surface area contributed by atoms with E-state index in [1.54, 1.807) is 0 Å².